The van der Waals surface area contributed by atoms with Gasteiger partial charge in [-0.3, -0.25) is 0 Å². The Labute approximate surface area is 150 Å². The number of aromatic nitrogens is 3. The summed E-state index contributed by atoms with van der Waals surface area (Å²) in [5.41, 5.74) is 2.39. The Morgan fingerprint density at radius 1 is 1.27 bits per heavy atom. The number of nitriles is 1. The van der Waals surface area contributed by atoms with Gasteiger partial charge in [-0.1, -0.05) is 12.1 Å². The minimum Gasteiger partial charge on any atom is -0.493 e. The quantitative estimate of drug-likeness (QED) is 0.651. The summed E-state index contributed by atoms with van der Waals surface area (Å²) in [4.78, 5) is 4.39. The van der Waals surface area contributed by atoms with E-state index in [0.29, 0.717) is 22.6 Å². The molecule has 8 nitrogen and oxygen atoms in total. The summed E-state index contributed by atoms with van der Waals surface area (Å²) in [6, 6.07) is 11.9. The van der Waals surface area contributed by atoms with Crippen LogP contribution in [0.4, 0.5) is 0 Å². The van der Waals surface area contributed by atoms with E-state index in [1.807, 2.05) is 0 Å². The van der Waals surface area contributed by atoms with E-state index in [1.54, 1.807) is 31.2 Å². The molecular formula is C17H16N6O2S. The highest BCUT2D eigenvalue weighted by Crippen LogP contribution is 2.33. The fraction of sp³-hybridized carbons (Fsp3) is 0.118. The molecule has 0 aliphatic carbocycles. The summed E-state index contributed by atoms with van der Waals surface area (Å²) < 4.78 is 23.4. The Bertz CT molecular complexity index is 1090. The van der Waals surface area contributed by atoms with E-state index < -0.39 is 9.92 Å². The first-order valence-electron chi connectivity index (χ1n) is 7.60. The number of nitrogens with zero attached hydrogens (tertiary/aromatic N) is 4. The van der Waals surface area contributed by atoms with Gasteiger partial charge in [0, 0.05) is 6.20 Å². The lowest BCUT2D eigenvalue weighted by atomic mass is 10.0. The van der Waals surface area contributed by atoms with E-state index in [4.69, 9.17) is 10.0 Å². The number of nitrogens with one attached hydrogen (secondary N) is 2. The molecule has 0 aliphatic heterocycles. The van der Waals surface area contributed by atoms with Crippen LogP contribution in [0, 0.1) is 23.0 Å². The SMILES string of the molecule is CNS(=N)(=O)c1ccc(-n2nc(C)c(-c3ccc(C#N)cc3)c2O)nc1. The van der Waals surface area contributed by atoms with Crippen LogP contribution >= 0.6 is 0 Å². The van der Waals surface area contributed by atoms with Gasteiger partial charge in [0.1, 0.15) is 9.92 Å². The molecule has 3 aromatic rings. The molecule has 0 bridgehead atoms. The van der Waals surface area contributed by atoms with Gasteiger partial charge in [0.25, 0.3) is 0 Å². The summed E-state index contributed by atoms with van der Waals surface area (Å²) in [5.74, 6) is 0.244. The van der Waals surface area contributed by atoms with E-state index in [0.717, 1.165) is 5.56 Å². The van der Waals surface area contributed by atoms with Crippen molar-refractivity contribution in [2.75, 3.05) is 7.05 Å². The van der Waals surface area contributed by atoms with Gasteiger partial charge in [-0.05, 0) is 43.8 Å². The Morgan fingerprint density at radius 2 is 1.96 bits per heavy atom. The van der Waals surface area contributed by atoms with Gasteiger partial charge < -0.3 is 5.11 Å². The van der Waals surface area contributed by atoms with Crippen LogP contribution in [-0.4, -0.2) is 31.1 Å². The zero-order valence-electron chi connectivity index (χ0n) is 14.1. The average molecular weight is 368 g/mol. The molecule has 1 unspecified atom stereocenters. The second kappa shape index (κ2) is 6.59. The summed E-state index contributed by atoms with van der Waals surface area (Å²) in [6.45, 7) is 1.76. The van der Waals surface area contributed by atoms with E-state index in [2.05, 4.69) is 20.9 Å². The second-order valence-electron chi connectivity index (χ2n) is 5.50. The van der Waals surface area contributed by atoms with Crippen molar-refractivity contribution in [2.45, 2.75) is 11.8 Å². The van der Waals surface area contributed by atoms with Gasteiger partial charge in [0.05, 0.1) is 27.8 Å². The second-order valence-corrected chi connectivity index (χ2v) is 7.49. The molecule has 0 amide bonds. The molecule has 3 rings (SSSR count). The van der Waals surface area contributed by atoms with Gasteiger partial charge in [0.2, 0.25) is 5.88 Å². The average Bonchev–Trinajstić information content (AvgIpc) is 2.96. The minimum absolute atomic E-state index is 0.0901. The number of aryl methyl sites for hydroxylation is 1. The lowest BCUT2D eigenvalue weighted by Crippen LogP contribution is -2.17. The zero-order chi connectivity index (χ0) is 18.9. The van der Waals surface area contributed by atoms with Crippen molar-refractivity contribution in [3.05, 3.63) is 53.9 Å². The fourth-order valence-corrected chi connectivity index (χ4v) is 3.21. The van der Waals surface area contributed by atoms with Gasteiger partial charge in [-0.15, -0.1) is 0 Å². The standard InChI is InChI=1S/C17H16N6O2S/c1-11-16(13-5-3-12(9-18)4-6-13)17(24)23(22-11)15-8-7-14(10-21-15)26(19,25)20-2/h3-8,10,24H,1-2H3,(H2,19,20,25). The molecule has 2 heterocycles. The maximum atomic E-state index is 12.0. The Balaban J connectivity index is 2.04. The van der Waals surface area contributed by atoms with Crippen LogP contribution in [0.1, 0.15) is 11.3 Å². The predicted molar refractivity (Wildman–Crippen MR) is 96.1 cm³/mol. The zero-order valence-corrected chi connectivity index (χ0v) is 14.9. The van der Waals surface area contributed by atoms with Crippen LogP contribution in [0.3, 0.4) is 0 Å². The molecule has 0 spiro atoms. The molecule has 2 aromatic heterocycles. The molecule has 1 atom stereocenters. The van der Waals surface area contributed by atoms with Crippen molar-refractivity contribution < 1.29 is 9.32 Å². The molecule has 0 saturated carbocycles. The number of hydrogen-bond acceptors (Lipinski definition) is 6. The number of aromatic hydroxyl groups is 1. The van der Waals surface area contributed by atoms with Crippen molar-refractivity contribution in [1.29, 1.82) is 10.0 Å². The Morgan fingerprint density at radius 3 is 2.50 bits per heavy atom. The third-order valence-corrected chi connectivity index (χ3v) is 5.38. The molecule has 9 heteroatoms. The monoisotopic (exact) mass is 368 g/mol. The molecule has 0 radical (unpaired) electrons. The largest absolute Gasteiger partial charge is 0.493 e. The smallest absolute Gasteiger partial charge is 0.223 e. The number of rotatable bonds is 4. The normalized spacial score (nSPS) is 13.1. The highest BCUT2D eigenvalue weighted by atomic mass is 32.2. The van der Waals surface area contributed by atoms with Gasteiger partial charge in [-0.2, -0.15) is 15.0 Å². The lowest BCUT2D eigenvalue weighted by molar-refractivity contribution is 0.433. The molecule has 0 saturated heterocycles. The Hall–Kier alpha value is -3.22. The highest BCUT2D eigenvalue weighted by molar-refractivity contribution is 7.90. The van der Waals surface area contributed by atoms with E-state index in [1.165, 1.54) is 30.1 Å². The van der Waals surface area contributed by atoms with Crippen molar-refractivity contribution in [2.24, 2.45) is 0 Å². The van der Waals surface area contributed by atoms with Crippen LogP contribution in [0.2, 0.25) is 0 Å². The first kappa shape index (κ1) is 17.6. The van der Waals surface area contributed by atoms with Crippen molar-refractivity contribution in [1.82, 2.24) is 19.5 Å². The molecule has 26 heavy (non-hydrogen) atoms. The summed E-state index contributed by atoms with van der Waals surface area (Å²) >= 11 is 0. The van der Waals surface area contributed by atoms with Crippen LogP contribution < -0.4 is 4.72 Å². The van der Waals surface area contributed by atoms with Crippen molar-refractivity contribution >= 4 is 9.92 Å². The third kappa shape index (κ3) is 3.03. The summed E-state index contributed by atoms with van der Waals surface area (Å²) in [5, 5.41) is 23.8. The van der Waals surface area contributed by atoms with E-state index >= 15 is 0 Å². The number of pyridine rings is 1. The van der Waals surface area contributed by atoms with Crippen molar-refractivity contribution in [3.63, 3.8) is 0 Å². The fourth-order valence-electron chi connectivity index (χ4n) is 2.51. The lowest BCUT2D eigenvalue weighted by Gasteiger charge is -2.07. The number of benzene rings is 1. The van der Waals surface area contributed by atoms with Crippen molar-refractivity contribution in [3.8, 4) is 28.9 Å². The molecule has 1 aromatic carbocycles. The molecule has 0 aliphatic rings. The molecule has 0 fully saturated rings. The van der Waals surface area contributed by atoms with E-state index in [-0.39, 0.29) is 10.8 Å². The van der Waals surface area contributed by atoms with Gasteiger partial charge in [-0.25, -0.2) is 18.7 Å². The third-order valence-electron chi connectivity index (χ3n) is 3.90. The molecular weight excluding hydrogens is 352 g/mol. The van der Waals surface area contributed by atoms with Crippen LogP contribution in [0.5, 0.6) is 5.88 Å². The maximum absolute atomic E-state index is 12.0. The van der Waals surface area contributed by atoms with Crippen LogP contribution in [0.15, 0.2) is 47.5 Å². The summed E-state index contributed by atoms with van der Waals surface area (Å²) in [7, 11) is -1.65. The van der Waals surface area contributed by atoms with Gasteiger partial charge in [0.15, 0.2) is 5.82 Å². The van der Waals surface area contributed by atoms with Crippen LogP contribution in [0.25, 0.3) is 16.9 Å². The Kier molecular flexibility index (Phi) is 4.46. The minimum atomic E-state index is -3.09. The van der Waals surface area contributed by atoms with Crippen LogP contribution in [-0.2, 0) is 9.92 Å². The first-order chi connectivity index (χ1) is 12.4. The molecule has 132 valence electrons. The van der Waals surface area contributed by atoms with E-state index in [9.17, 15) is 9.32 Å². The first-order valence-corrected chi connectivity index (χ1v) is 9.16. The topological polar surface area (TPSA) is 128 Å². The molecule has 3 N–H and O–H groups in total. The number of hydrogen-bond donors (Lipinski definition) is 3. The summed E-state index contributed by atoms with van der Waals surface area (Å²) in [6.07, 6.45) is 1.32. The maximum Gasteiger partial charge on any atom is 0.223 e. The predicted octanol–water partition coefficient (Wildman–Crippen LogP) is 2.36. The van der Waals surface area contributed by atoms with Gasteiger partial charge >= 0.3 is 0 Å². The highest BCUT2D eigenvalue weighted by Gasteiger charge is 2.18.